The summed E-state index contributed by atoms with van der Waals surface area (Å²) in [5, 5.41) is 6.41. The number of nitrogens with zero attached hydrogens (tertiary/aromatic N) is 1. The first-order valence-corrected chi connectivity index (χ1v) is 5.19. The minimum atomic E-state index is 0.253. The molecule has 0 amide bonds. The molecular formula is C10H23N3O2. The Morgan fingerprint density at radius 2 is 2.07 bits per heavy atom. The van der Waals surface area contributed by atoms with Gasteiger partial charge < -0.3 is 20.1 Å². The lowest BCUT2D eigenvalue weighted by Gasteiger charge is -2.16. The van der Waals surface area contributed by atoms with Crippen LogP contribution in [0.2, 0.25) is 0 Å². The maximum Gasteiger partial charge on any atom is 0.191 e. The molecule has 0 aromatic carbocycles. The molecule has 15 heavy (non-hydrogen) atoms. The topological polar surface area (TPSA) is 54.9 Å². The Morgan fingerprint density at radius 3 is 2.60 bits per heavy atom. The number of nitrogens with one attached hydrogen (secondary N) is 2. The van der Waals surface area contributed by atoms with E-state index in [1.54, 1.807) is 21.3 Å². The van der Waals surface area contributed by atoms with E-state index in [2.05, 4.69) is 15.6 Å². The lowest BCUT2D eigenvalue weighted by Crippen LogP contribution is -2.44. The number of aliphatic imine (C=N–C) groups is 1. The average Bonchev–Trinajstić information content (AvgIpc) is 2.23. The van der Waals surface area contributed by atoms with E-state index >= 15 is 0 Å². The molecule has 5 nitrogen and oxygen atoms in total. The summed E-state index contributed by atoms with van der Waals surface area (Å²) in [7, 11) is 5.14. The van der Waals surface area contributed by atoms with Crippen molar-refractivity contribution < 1.29 is 9.47 Å². The lowest BCUT2D eigenvalue weighted by molar-refractivity contribution is 0.178. The van der Waals surface area contributed by atoms with Crippen LogP contribution in [-0.4, -0.2) is 53.0 Å². The molecule has 0 aromatic rings. The SMILES string of the molecule is CN=C(NCCCOC)NC(C)COC. The molecular weight excluding hydrogens is 194 g/mol. The first kappa shape index (κ1) is 14.2. The maximum absolute atomic E-state index is 5.03. The van der Waals surface area contributed by atoms with Gasteiger partial charge in [-0.1, -0.05) is 0 Å². The molecule has 5 heteroatoms. The third-order valence-corrected chi connectivity index (χ3v) is 1.84. The predicted octanol–water partition coefficient (Wildman–Crippen LogP) is 0.223. The highest BCUT2D eigenvalue weighted by atomic mass is 16.5. The molecule has 0 heterocycles. The average molecular weight is 217 g/mol. The molecule has 1 atom stereocenters. The smallest absolute Gasteiger partial charge is 0.191 e. The van der Waals surface area contributed by atoms with E-state index in [4.69, 9.17) is 9.47 Å². The summed E-state index contributed by atoms with van der Waals surface area (Å²) in [4.78, 5) is 4.11. The van der Waals surface area contributed by atoms with Crippen LogP contribution >= 0.6 is 0 Å². The zero-order valence-corrected chi connectivity index (χ0v) is 10.2. The van der Waals surface area contributed by atoms with Crippen molar-refractivity contribution in [1.29, 1.82) is 0 Å². The third kappa shape index (κ3) is 8.20. The van der Waals surface area contributed by atoms with Gasteiger partial charge in [0.05, 0.1) is 6.61 Å². The van der Waals surface area contributed by atoms with Crippen LogP contribution in [0.5, 0.6) is 0 Å². The van der Waals surface area contributed by atoms with Gasteiger partial charge in [0, 0.05) is 40.5 Å². The minimum Gasteiger partial charge on any atom is -0.385 e. The molecule has 0 saturated heterocycles. The van der Waals surface area contributed by atoms with Crippen LogP contribution in [0.1, 0.15) is 13.3 Å². The van der Waals surface area contributed by atoms with Crippen LogP contribution in [0.25, 0.3) is 0 Å². The highest BCUT2D eigenvalue weighted by Gasteiger charge is 2.03. The number of methoxy groups -OCH3 is 2. The molecule has 0 radical (unpaired) electrons. The third-order valence-electron chi connectivity index (χ3n) is 1.84. The molecule has 1 unspecified atom stereocenters. The fourth-order valence-corrected chi connectivity index (χ4v) is 1.14. The van der Waals surface area contributed by atoms with E-state index in [9.17, 15) is 0 Å². The van der Waals surface area contributed by atoms with Gasteiger partial charge in [0.1, 0.15) is 0 Å². The maximum atomic E-state index is 5.03. The molecule has 0 aliphatic heterocycles. The fraction of sp³-hybridized carbons (Fsp3) is 0.900. The quantitative estimate of drug-likeness (QED) is 0.364. The van der Waals surface area contributed by atoms with Crippen LogP contribution in [0.4, 0.5) is 0 Å². The van der Waals surface area contributed by atoms with Crippen LogP contribution in [0, 0.1) is 0 Å². The summed E-state index contributed by atoms with van der Waals surface area (Å²) in [6, 6.07) is 0.253. The van der Waals surface area contributed by atoms with Crippen molar-refractivity contribution in [3.63, 3.8) is 0 Å². The lowest BCUT2D eigenvalue weighted by atomic mass is 10.4. The van der Waals surface area contributed by atoms with E-state index in [1.807, 2.05) is 6.92 Å². The van der Waals surface area contributed by atoms with Gasteiger partial charge in [0.25, 0.3) is 0 Å². The number of hydrogen-bond donors (Lipinski definition) is 2. The zero-order chi connectivity index (χ0) is 11.5. The van der Waals surface area contributed by atoms with Crippen LogP contribution in [0.3, 0.4) is 0 Å². The molecule has 0 aliphatic carbocycles. The van der Waals surface area contributed by atoms with Crippen molar-refractivity contribution >= 4 is 5.96 Å². The van der Waals surface area contributed by atoms with Crippen molar-refractivity contribution in [3.8, 4) is 0 Å². The monoisotopic (exact) mass is 217 g/mol. The van der Waals surface area contributed by atoms with E-state index < -0.39 is 0 Å². The molecule has 0 bridgehead atoms. The summed E-state index contributed by atoms with van der Waals surface area (Å²) >= 11 is 0. The van der Waals surface area contributed by atoms with Crippen LogP contribution in [0.15, 0.2) is 4.99 Å². The second kappa shape index (κ2) is 9.73. The Kier molecular flexibility index (Phi) is 9.21. The van der Waals surface area contributed by atoms with Crippen LogP contribution < -0.4 is 10.6 Å². The summed E-state index contributed by atoms with van der Waals surface area (Å²) < 4.78 is 9.98. The van der Waals surface area contributed by atoms with E-state index in [0.717, 1.165) is 25.5 Å². The van der Waals surface area contributed by atoms with E-state index in [-0.39, 0.29) is 6.04 Å². The number of hydrogen-bond acceptors (Lipinski definition) is 3. The zero-order valence-electron chi connectivity index (χ0n) is 10.2. The molecule has 0 saturated carbocycles. The van der Waals surface area contributed by atoms with Gasteiger partial charge >= 0.3 is 0 Å². The standard InChI is InChI=1S/C10H23N3O2/c1-9(8-15-4)13-10(11-2)12-6-5-7-14-3/h9H,5-8H2,1-4H3,(H2,11,12,13). The Balaban J connectivity index is 3.64. The molecule has 0 aromatic heterocycles. The molecule has 0 aliphatic rings. The molecule has 0 fully saturated rings. The van der Waals surface area contributed by atoms with Crippen molar-refractivity contribution in [1.82, 2.24) is 10.6 Å². The molecule has 90 valence electrons. The van der Waals surface area contributed by atoms with Gasteiger partial charge in [-0.15, -0.1) is 0 Å². The normalized spacial score (nSPS) is 13.7. The first-order chi connectivity index (χ1) is 7.24. The Hall–Kier alpha value is -0.810. The van der Waals surface area contributed by atoms with Gasteiger partial charge in [-0.25, -0.2) is 0 Å². The number of rotatable bonds is 7. The number of ether oxygens (including phenoxy) is 2. The minimum absolute atomic E-state index is 0.253. The van der Waals surface area contributed by atoms with Crippen molar-refractivity contribution in [2.75, 3.05) is 41.0 Å². The predicted molar refractivity (Wildman–Crippen MR) is 62.3 cm³/mol. The summed E-state index contributed by atoms with van der Waals surface area (Å²) in [6.45, 7) is 4.33. The van der Waals surface area contributed by atoms with Gasteiger partial charge in [0.2, 0.25) is 0 Å². The Bertz CT molecular complexity index is 174. The van der Waals surface area contributed by atoms with Gasteiger partial charge in [0.15, 0.2) is 5.96 Å². The Morgan fingerprint density at radius 1 is 1.33 bits per heavy atom. The van der Waals surface area contributed by atoms with Gasteiger partial charge in [-0.2, -0.15) is 0 Å². The summed E-state index contributed by atoms with van der Waals surface area (Å²) in [6.07, 6.45) is 0.968. The highest BCUT2D eigenvalue weighted by molar-refractivity contribution is 5.79. The van der Waals surface area contributed by atoms with Gasteiger partial charge in [-0.05, 0) is 13.3 Å². The van der Waals surface area contributed by atoms with Crippen molar-refractivity contribution in [3.05, 3.63) is 0 Å². The van der Waals surface area contributed by atoms with Crippen molar-refractivity contribution in [2.24, 2.45) is 4.99 Å². The van der Waals surface area contributed by atoms with E-state index in [0.29, 0.717) is 6.61 Å². The highest BCUT2D eigenvalue weighted by Crippen LogP contribution is 1.83. The fourth-order valence-electron chi connectivity index (χ4n) is 1.14. The van der Waals surface area contributed by atoms with E-state index in [1.165, 1.54) is 0 Å². The van der Waals surface area contributed by atoms with Crippen LogP contribution in [-0.2, 0) is 9.47 Å². The number of guanidine groups is 1. The largest absolute Gasteiger partial charge is 0.385 e. The first-order valence-electron chi connectivity index (χ1n) is 5.19. The molecule has 2 N–H and O–H groups in total. The molecule has 0 spiro atoms. The summed E-state index contributed by atoms with van der Waals surface area (Å²) in [5.41, 5.74) is 0. The summed E-state index contributed by atoms with van der Waals surface area (Å²) in [5.74, 6) is 0.802. The second-order valence-electron chi connectivity index (χ2n) is 3.35. The molecule has 0 rings (SSSR count). The van der Waals surface area contributed by atoms with Gasteiger partial charge in [-0.3, -0.25) is 4.99 Å². The Labute approximate surface area is 92.2 Å². The second-order valence-corrected chi connectivity index (χ2v) is 3.35. The van der Waals surface area contributed by atoms with Crippen molar-refractivity contribution in [2.45, 2.75) is 19.4 Å².